The third kappa shape index (κ3) is 3.50. The van der Waals surface area contributed by atoms with Gasteiger partial charge in [-0.2, -0.15) is 9.61 Å². The van der Waals surface area contributed by atoms with Crippen molar-refractivity contribution in [1.82, 2.24) is 14.6 Å². The van der Waals surface area contributed by atoms with Crippen LogP contribution < -0.4 is 10.2 Å². The second-order valence-electron chi connectivity index (χ2n) is 7.09. The van der Waals surface area contributed by atoms with E-state index in [2.05, 4.69) is 15.4 Å². The molecule has 0 bridgehead atoms. The van der Waals surface area contributed by atoms with Crippen molar-refractivity contribution < 1.29 is 9.53 Å². The number of carbonyl (C=O) groups excluding carboxylic acids is 1. The van der Waals surface area contributed by atoms with Gasteiger partial charge in [-0.3, -0.25) is 4.79 Å². The van der Waals surface area contributed by atoms with E-state index in [1.54, 1.807) is 4.52 Å². The third-order valence-corrected chi connectivity index (χ3v) is 4.80. The molecule has 7 nitrogen and oxygen atoms in total. The molecule has 1 aliphatic heterocycles. The molecule has 1 aliphatic rings. The molecule has 4 rings (SSSR count). The molecule has 3 aromatic rings. The summed E-state index contributed by atoms with van der Waals surface area (Å²) in [5, 5.41) is 7.35. The lowest BCUT2D eigenvalue weighted by atomic mass is 9.97. The molecule has 3 heterocycles. The number of rotatable bonds is 4. The molecule has 0 spiro atoms. The highest BCUT2D eigenvalue weighted by Gasteiger charge is 2.18. The zero-order valence-electron chi connectivity index (χ0n) is 15.8. The lowest BCUT2D eigenvalue weighted by Gasteiger charge is -2.15. The minimum absolute atomic E-state index is 0.179. The molecule has 0 saturated carbocycles. The zero-order chi connectivity index (χ0) is 19.0. The number of carbonyl (C=O) groups is 1. The molecule has 1 N–H and O–H groups in total. The molecule has 27 heavy (non-hydrogen) atoms. The van der Waals surface area contributed by atoms with Gasteiger partial charge >= 0.3 is 0 Å². The van der Waals surface area contributed by atoms with E-state index < -0.39 is 0 Å². The first-order valence-corrected chi connectivity index (χ1v) is 9.05. The standard InChI is InChI=1S/C20H23N5O2/c1-13-10-18-21-17(11-19(24(2)3)25(18)23-13)22-20(26)15-6-4-14(5-7-15)16-8-9-27-12-16/h4-7,10-11,16H,8-9,12H2,1-3H3,(H,21,22,26). The minimum atomic E-state index is -0.179. The molecule has 1 fully saturated rings. The molecule has 1 atom stereocenters. The van der Waals surface area contributed by atoms with Crippen molar-refractivity contribution in [2.45, 2.75) is 19.3 Å². The number of hydrogen-bond acceptors (Lipinski definition) is 5. The van der Waals surface area contributed by atoms with Gasteiger partial charge in [0.15, 0.2) is 5.65 Å². The van der Waals surface area contributed by atoms with Crippen LogP contribution in [0, 0.1) is 6.92 Å². The van der Waals surface area contributed by atoms with Crippen LogP contribution in [0.25, 0.3) is 5.65 Å². The Morgan fingerprint density at radius 1 is 1.26 bits per heavy atom. The first-order valence-electron chi connectivity index (χ1n) is 9.05. The fraction of sp³-hybridized carbons (Fsp3) is 0.350. The van der Waals surface area contributed by atoms with Crippen LogP contribution in [-0.4, -0.2) is 47.8 Å². The second kappa shape index (κ2) is 7.00. The maximum Gasteiger partial charge on any atom is 0.256 e. The molecule has 0 aliphatic carbocycles. The average molecular weight is 365 g/mol. The van der Waals surface area contributed by atoms with Gasteiger partial charge in [0.2, 0.25) is 0 Å². The van der Waals surface area contributed by atoms with Crippen LogP contribution >= 0.6 is 0 Å². The van der Waals surface area contributed by atoms with Gasteiger partial charge in [-0.05, 0) is 31.0 Å². The molecule has 1 amide bonds. The van der Waals surface area contributed by atoms with Gasteiger partial charge in [0.1, 0.15) is 11.6 Å². The van der Waals surface area contributed by atoms with Crippen molar-refractivity contribution in [3.8, 4) is 0 Å². The Kier molecular flexibility index (Phi) is 4.53. The van der Waals surface area contributed by atoms with Crippen LogP contribution in [0.15, 0.2) is 36.4 Å². The van der Waals surface area contributed by atoms with Crippen LogP contribution in [0.5, 0.6) is 0 Å². The monoisotopic (exact) mass is 365 g/mol. The Morgan fingerprint density at radius 3 is 2.70 bits per heavy atom. The first-order chi connectivity index (χ1) is 13.0. The number of fused-ring (bicyclic) bond motifs is 1. The maximum atomic E-state index is 12.7. The summed E-state index contributed by atoms with van der Waals surface area (Å²) in [6.07, 6.45) is 1.04. The first kappa shape index (κ1) is 17.5. The molecule has 0 radical (unpaired) electrons. The summed E-state index contributed by atoms with van der Waals surface area (Å²) in [4.78, 5) is 19.1. The highest BCUT2D eigenvalue weighted by atomic mass is 16.5. The van der Waals surface area contributed by atoms with Gasteiger partial charge in [-0.25, -0.2) is 4.98 Å². The number of hydrogen-bond donors (Lipinski definition) is 1. The van der Waals surface area contributed by atoms with Crippen molar-refractivity contribution in [2.24, 2.45) is 0 Å². The summed E-state index contributed by atoms with van der Waals surface area (Å²) in [5.74, 6) is 1.60. The van der Waals surface area contributed by atoms with Crippen LogP contribution in [0.3, 0.4) is 0 Å². The van der Waals surface area contributed by atoms with Crippen molar-refractivity contribution in [3.63, 3.8) is 0 Å². The third-order valence-electron chi connectivity index (χ3n) is 4.80. The van der Waals surface area contributed by atoms with Crippen LogP contribution in [-0.2, 0) is 4.74 Å². The van der Waals surface area contributed by atoms with Crippen molar-refractivity contribution in [1.29, 1.82) is 0 Å². The van der Waals surface area contributed by atoms with Crippen LogP contribution in [0.4, 0.5) is 11.6 Å². The summed E-state index contributed by atoms with van der Waals surface area (Å²) in [5.41, 5.74) is 3.40. The number of nitrogens with zero attached hydrogens (tertiary/aromatic N) is 4. The predicted molar refractivity (Wildman–Crippen MR) is 105 cm³/mol. The van der Waals surface area contributed by atoms with E-state index in [1.807, 2.05) is 62.3 Å². The average Bonchev–Trinajstić information content (AvgIpc) is 3.30. The number of nitrogens with one attached hydrogen (secondary N) is 1. The van der Waals surface area contributed by atoms with Crippen molar-refractivity contribution in [3.05, 3.63) is 53.2 Å². The van der Waals surface area contributed by atoms with E-state index in [1.165, 1.54) is 5.56 Å². The molecule has 1 saturated heterocycles. The van der Waals surface area contributed by atoms with Crippen LogP contribution in [0.2, 0.25) is 0 Å². The summed E-state index contributed by atoms with van der Waals surface area (Å²) in [7, 11) is 3.87. The lowest BCUT2D eigenvalue weighted by molar-refractivity contribution is 0.102. The maximum absolute atomic E-state index is 12.7. The van der Waals surface area contributed by atoms with E-state index in [4.69, 9.17) is 4.74 Å². The van der Waals surface area contributed by atoms with Gasteiger partial charge in [-0.1, -0.05) is 12.1 Å². The highest BCUT2D eigenvalue weighted by molar-refractivity contribution is 6.04. The largest absolute Gasteiger partial charge is 0.381 e. The predicted octanol–water partition coefficient (Wildman–Crippen LogP) is 2.86. The van der Waals surface area contributed by atoms with E-state index in [-0.39, 0.29) is 5.91 Å². The zero-order valence-corrected chi connectivity index (χ0v) is 15.8. The van der Waals surface area contributed by atoms with E-state index in [9.17, 15) is 4.79 Å². The Morgan fingerprint density at radius 2 is 2.04 bits per heavy atom. The van der Waals surface area contributed by atoms with Gasteiger partial charge < -0.3 is 15.0 Å². The molecule has 7 heteroatoms. The number of aromatic nitrogens is 3. The van der Waals surface area contributed by atoms with E-state index in [0.717, 1.165) is 31.1 Å². The SMILES string of the molecule is Cc1cc2nc(NC(=O)c3ccc(C4CCOC4)cc3)cc(N(C)C)n2n1. The quantitative estimate of drug-likeness (QED) is 0.770. The Balaban J connectivity index is 1.57. The fourth-order valence-corrected chi connectivity index (χ4v) is 3.35. The van der Waals surface area contributed by atoms with Gasteiger partial charge in [-0.15, -0.1) is 0 Å². The fourth-order valence-electron chi connectivity index (χ4n) is 3.35. The lowest BCUT2D eigenvalue weighted by Crippen LogP contribution is -2.17. The Hall–Kier alpha value is -2.93. The van der Waals surface area contributed by atoms with Gasteiger partial charge in [0.05, 0.1) is 12.3 Å². The molecule has 1 unspecified atom stereocenters. The number of amides is 1. The topological polar surface area (TPSA) is 71.8 Å². The highest BCUT2D eigenvalue weighted by Crippen LogP contribution is 2.25. The number of ether oxygens (including phenoxy) is 1. The Labute approximate surface area is 158 Å². The van der Waals surface area contributed by atoms with E-state index in [0.29, 0.717) is 22.9 Å². The number of anilines is 2. The van der Waals surface area contributed by atoms with Gasteiger partial charge in [0, 0.05) is 44.3 Å². The van der Waals surface area contributed by atoms with Crippen LogP contribution in [0.1, 0.15) is 34.0 Å². The molecule has 140 valence electrons. The normalized spacial score (nSPS) is 16.6. The second-order valence-corrected chi connectivity index (χ2v) is 7.09. The summed E-state index contributed by atoms with van der Waals surface area (Å²) in [6, 6.07) is 11.4. The summed E-state index contributed by atoms with van der Waals surface area (Å²) in [6.45, 7) is 3.49. The smallest absolute Gasteiger partial charge is 0.256 e. The minimum Gasteiger partial charge on any atom is -0.381 e. The molecular weight excluding hydrogens is 342 g/mol. The summed E-state index contributed by atoms with van der Waals surface area (Å²) < 4.78 is 7.20. The van der Waals surface area contributed by atoms with E-state index >= 15 is 0 Å². The van der Waals surface area contributed by atoms with Crippen molar-refractivity contribution in [2.75, 3.05) is 37.5 Å². The number of benzene rings is 1. The number of aryl methyl sites for hydroxylation is 1. The van der Waals surface area contributed by atoms with Crippen molar-refractivity contribution >= 4 is 23.2 Å². The van der Waals surface area contributed by atoms with Gasteiger partial charge in [0.25, 0.3) is 5.91 Å². The Bertz CT molecular complexity index is 972. The summed E-state index contributed by atoms with van der Waals surface area (Å²) >= 11 is 0. The molecule has 2 aromatic heterocycles. The molecular formula is C20H23N5O2. The molecule has 1 aromatic carbocycles.